The molecule has 3 rings (SSSR count). The van der Waals surface area contributed by atoms with Crippen molar-refractivity contribution in [3.63, 3.8) is 0 Å². The van der Waals surface area contributed by atoms with Gasteiger partial charge in [-0.25, -0.2) is 4.68 Å². The van der Waals surface area contributed by atoms with E-state index in [-0.39, 0.29) is 11.6 Å². The number of aromatic nitrogens is 4. The third-order valence-electron chi connectivity index (χ3n) is 4.41. The van der Waals surface area contributed by atoms with E-state index in [9.17, 15) is 0 Å². The summed E-state index contributed by atoms with van der Waals surface area (Å²) in [6, 6.07) is 4.45. The average Bonchev–Trinajstić information content (AvgIpc) is 3.19. The monoisotopic (exact) mass is 334 g/mol. The molecule has 0 aromatic carbocycles. The Hall–Kier alpha value is -1.31. The van der Waals surface area contributed by atoms with Crippen LogP contribution in [0.1, 0.15) is 44.4 Å². The molecule has 2 aromatic rings. The minimum Gasteiger partial charge on any atom is -0.301 e. The van der Waals surface area contributed by atoms with E-state index in [4.69, 9.17) is 0 Å². The summed E-state index contributed by atoms with van der Waals surface area (Å²) in [6.45, 7) is 14.1. The van der Waals surface area contributed by atoms with Crippen LogP contribution in [0.4, 0.5) is 0 Å². The van der Waals surface area contributed by atoms with Gasteiger partial charge >= 0.3 is 0 Å². The summed E-state index contributed by atoms with van der Waals surface area (Å²) in [5.41, 5.74) is -0.125. The first-order valence-corrected chi connectivity index (χ1v) is 9.17. The molecular weight excluding hydrogens is 308 g/mol. The zero-order valence-corrected chi connectivity index (χ0v) is 15.3. The van der Waals surface area contributed by atoms with Gasteiger partial charge in [-0.3, -0.25) is 4.90 Å². The molecule has 0 amide bonds. The standard InChI is InChI=1S/C16H26N6S/c1-5-20-8-10-21(11-9-20)14(13-7-6-12-23-13)15-17-18-19-22(15)16(2,3)4/h6-7,12,14H,5,8-11H2,1-4H3. The summed E-state index contributed by atoms with van der Waals surface area (Å²) in [5.74, 6) is 0.949. The van der Waals surface area contributed by atoms with Crippen molar-refractivity contribution in [1.29, 1.82) is 0 Å². The molecule has 0 spiro atoms. The highest BCUT2D eigenvalue weighted by Gasteiger charge is 2.33. The summed E-state index contributed by atoms with van der Waals surface area (Å²) in [6.07, 6.45) is 0. The van der Waals surface area contributed by atoms with Gasteiger partial charge in [0.25, 0.3) is 0 Å². The van der Waals surface area contributed by atoms with Crippen LogP contribution in [0, 0.1) is 0 Å². The van der Waals surface area contributed by atoms with E-state index in [0.717, 1.165) is 38.5 Å². The number of likely N-dealkylation sites (N-methyl/N-ethyl adjacent to an activating group) is 1. The quantitative estimate of drug-likeness (QED) is 0.858. The molecule has 2 aromatic heterocycles. The highest BCUT2D eigenvalue weighted by Crippen LogP contribution is 2.32. The third kappa shape index (κ3) is 3.46. The first kappa shape index (κ1) is 16.5. The molecule has 1 saturated heterocycles. The third-order valence-corrected chi connectivity index (χ3v) is 5.33. The Kier molecular flexibility index (Phi) is 4.79. The fourth-order valence-corrected chi connectivity index (χ4v) is 3.95. The Morgan fingerprint density at radius 2 is 1.96 bits per heavy atom. The predicted molar refractivity (Wildman–Crippen MR) is 92.7 cm³/mol. The zero-order valence-electron chi connectivity index (χ0n) is 14.4. The Balaban J connectivity index is 1.94. The van der Waals surface area contributed by atoms with Crippen molar-refractivity contribution >= 4 is 11.3 Å². The lowest BCUT2D eigenvalue weighted by atomic mass is 10.1. The predicted octanol–water partition coefficient (Wildman–Crippen LogP) is 2.22. The van der Waals surface area contributed by atoms with Crippen molar-refractivity contribution in [1.82, 2.24) is 30.0 Å². The van der Waals surface area contributed by atoms with Crippen LogP contribution in [-0.4, -0.2) is 62.7 Å². The average molecular weight is 334 g/mol. The van der Waals surface area contributed by atoms with Crippen LogP contribution in [0.15, 0.2) is 17.5 Å². The van der Waals surface area contributed by atoms with Crippen LogP contribution in [-0.2, 0) is 5.54 Å². The van der Waals surface area contributed by atoms with Gasteiger partial charge in [0.2, 0.25) is 0 Å². The summed E-state index contributed by atoms with van der Waals surface area (Å²) in [5, 5.41) is 14.8. The van der Waals surface area contributed by atoms with Gasteiger partial charge in [-0.15, -0.1) is 16.4 Å². The Labute approximate surface area is 142 Å². The van der Waals surface area contributed by atoms with Crippen molar-refractivity contribution in [2.45, 2.75) is 39.3 Å². The van der Waals surface area contributed by atoms with E-state index in [0.29, 0.717) is 0 Å². The summed E-state index contributed by atoms with van der Waals surface area (Å²) < 4.78 is 1.98. The van der Waals surface area contributed by atoms with E-state index in [1.54, 1.807) is 11.3 Å². The zero-order chi connectivity index (χ0) is 16.4. The molecule has 23 heavy (non-hydrogen) atoms. The molecule has 7 heteroatoms. The summed E-state index contributed by atoms with van der Waals surface area (Å²) >= 11 is 1.78. The Morgan fingerprint density at radius 3 is 2.52 bits per heavy atom. The molecule has 0 bridgehead atoms. The fraction of sp³-hybridized carbons (Fsp3) is 0.688. The number of hydrogen-bond donors (Lipinski definition) is 0. The van der Waals surface area contributed by atoms with Crippen molar-refractivity contribution < 1.29 is 0 Å². The smallest absolute Gasteiger partial charge is 0.174 e. The van der Waals surface area contributed by atoms with E-state index in [1.165, 1.54) is 4.88 Å². The van der Waals surface area contributed by atoms with Gasteiger partial charge in [0.05, 0.1) is 5.54 Å². The number of rotatable bonds is 4. The van der Waals surface area contributed by atoms with Crippen LogP contribution < -0.4 is 0 Å². The highest BCUT2D eigenvalue weighted by atomic mass is 32.1. The van der Waals surface area contributed by atoms with E-state index < -0.39 is 0 Å². The number of piperazine rings is 1. The second kappa shape index (κ2) is 6.67. The van der Waals surface area contributed by atoms with E-state index >= 15 is 0 Å². The minimum atomic E-state index is -0.125. The molecule has 1 fully saturated rings. The van der Waals surface area contributed by atoms with Crippen molar-refractivity contribution in [3.05, 3.63) is 28.2 Å². The van der Waals surface area contributed by atoms with E-state index in [2.05, 4.69) is 70.5 Å². The lowest BCUT2D eigenvalue weighted by molar-refractivity contribution is 0.107. The molecule has 0 saturated carbocycles. The second-order valence-corrected chi connectivity index (χ2v) is 7.99. The van der Waals surface area contributed by atoms with Crippen LogP contribution in [0.2, 0.25) is 0 Å². The van der Waals surface area contributed by atoms with Crippen LogP contribution in [0.25, 0.3) is 0 Å². The lowest BCUT2D eigenvalue weighted by Gasteiger charge is -2.38. The Bertz CT molecular complexity index is 607. The first-order chi connectivity index (χ1) is 11.0. The van der Waals surface area contributed by atoms with Gasteiger partial charge in [0.15, 0.2) is 5.82 Å². The highest BCUT2D eigenvalue weighted by molar-refractivity contribution is 7.10. The molecule has 0 aliphatic carbocycles. The van der Waals surface area contributed by atoms with Gasteiger partial charge in [-0.1, -0.05) is 13.0 Å². The maximum Gasteiger partial charge on any atom is 0.174 e. The normalized spacial score (nSPS) is 19.1. The molecule has 1 aliphatic heterocycles. The molecule has 1 aliphatic rings. The second-order valence-electron chi connectivity index (χ2n) is 7.01. The maximum atomic E-state index is 4.41. The summed E-state index contributed by atoms with van der Waals surface area (Å²) in [4.78, 5) is 6.33. The number of tetrazole rings is 1. The Morgan fingerprint density at radius 1 is 1.22 bits per heavy atom. The van der Waals surface area contributed by atoms with Gasteiger partial charge in [-0.05, 0) is 49.2 Å². The van der Waals surface area contributed by atoms with Gasteiger partial charge < -0.3 is 4.90 Å². The van der Waals surface area contributed by atoms with Gasteiger partial charge in [0, 0.05) is 31.1 Å². The molecule has 6 nitrogen and oxygen atoms in total. The molecule has 3 heterocycles. The number of hydrogen-bond acceptors (Lipinski definition) is 6. The van der Waals surface area contributed by atoms with Crippen LogP contribution >= 0.6 is 11.3 Å². The topological polar surface area (TPSA) is 50.1 Å². The van der Waals surface area contributed by atoms with E-state index in [1.807, 2.05) is 4.68 Å². The number of thiophene rings is 1. The molecule has 0 radical (unpaired) electrons. The fourth-order valence-electron chi connectivity index (χ4n) is 3.10. The molecule has 126 valence electrons. The minimum absolute atomic E-state index is 0.125. The van der Waals surface area contributed by atoms with Crippen molar-refractivity contribution in [3.8, 4) is 0 Å². The molecular formula is C16H26N6S. The van der Waals surface area contributed by atoms with Gasteiger partial charge in [0.1, 0.15) is 6.04 Å². The number of nitrogens with zero attached hydrogens (tertiary/aromatic N) is 6. The molecule has 1 atom stereocenters. The first-order valence-electron chi connectivity index (χ1n) is 8.29. The van der Waals surface area contributed by atoms with Crippen LogP contribution in [0.5, 0.6) is 0 Å². The van der Waals surface area contributed by atoms with Crippen molar-refractivity contribution in [2.75, 3.05) is 32.7 Å². The van der Waals surface area contributed by atoms with Crippen LogP contribution in [0.3, 0.4) is 0 Å². The maximum absolute atomic E-state index is 4.41. The van der Waals surface area contributed by atoms with Crippen molar-refractivity contribution in [2.24, 2.45) is 0 Å². The molecule has 1 unspecified atom stereocenters. The summed E-state index contributed by atoms with van der Waals surface area (Å²) in [7, 11) is 0. The van der Waals surface area contributed by atoms with Gasteiger partial charge in [-0.2, -0.15) is 0 Å². The largest absolute Gasteiger partial charge is 0.301 e. The lowest BCUT2D eigenvalue weighted by Crippen LogP contribution is -2.48. The molecule has 0 N–H and O–H groups in total. The SMILES string of the molecule is CCN1CCN(C(c2cccs2)c2nnnn2C(C)(C)C)CC1.